The number of carbonyl (C=O) groups excluding carboxylic acids is 2. The second-order valence-corrected chi connectivity index (χ2v) is 5.56. The standard InChI is InChI=1S/C7H8N2OS.C6H12O/c1-5(10)6-3-4-8-7(9-6)11-2;1-5(7)6(2,3)4/h3-4H,1-2H3;1-4H3. The van der Waals surface area contributed by atoms with Gasteiger partial charge in [0.2, 0.25) is 0 Å². The maximum absolute atomic E-state index is 10.8. The Balaban J connectivity index is 0.000000360. The number of rotatable bonds is 2. The average molecular weight is 268 g/mol. The summed E-state index contributed by atoms with van der Waals surface area (Å²) in [7, 11) is 0. The minimum Gasteiger partial charge on any atom is -0.299 e. The van der Waals surface area contributed by atoms with Crippen molar-refractivity contribution in [3.05, 3.63) is 18.0 Å². The van der Waals surface area contributed by atoms with E-state index in [0.717, 1.165) is 0 Å². The number of ketones is 2. The first kappa shape index (κ1) is 16.8. The van der Waals surface area contributed by atoms with E-state index in [9.17, 15) is 9.59 Å². The highest BCUT2D eigenvalue weighted by Crippen LogP contribution is 2.12. The van der Waals surface area contributed by atoms with Gasteiger partial charge in [0.25, 0.3) is 0 Å². The van der Waals surface area contributed by atoms with Crippen molar-refractivity contribution in [2.45, 2.75) is 39.8 Å². The van der Waals surface area contributed by atoms with Gasteiger partial charge in [-0.25, -0.2) is 9.97 Å². The molecular weight excluding hydrogens is 248 g/mol. The lowest BCUT2D eigenvalue weighted by atomic mass is 9.92. The molecule has 0 bridgehead atoms. The van der Waals surface area contributed by atoms with Gasteiger partial charge in [0, 0.05) is 18.5 Å². The van der Waals surface area contributed by atoms with Crippen LogP contribution in [0.4, 0.5) is 0 Å². The summed E-state index contributed by atoms with van der Waals surface area (Å²) in [5, 5.41) is 0.637. The van der Waals surface area contributed by atoms with Crippen molar-refractivity contribution in [1.29, 1.82) is 0 Å². The van der Waals surface area contributed by atoms with Crippen LogP contribution in [0.25, 0.3) is 0 Å². The fraction of sp³-hybridized carbons (Fsp3) is 0.538. The van der Waals surface area contributed by atoms with Gasteiger partial charge in [-0.3, -0.25) is 9.59 Å². The molecule has 0 aliphatic heterocycles. The van der Waals surface area contributed by atoms with Crippen LogP contribution in [0.3, 0.4) is 0 Å². The van der Waals surface area contributed by atoms with E-state index in [1.807, 2.05) is 27.0 Å². The van der Waals surface area contributed by atoms with Crippen molar-refractivity contribution in [3.63, 3.8) is 0 Å². The summed E-state index contributed by atoms with van der Waals surface area (Å²) in [6.07, 6.45) is 3.47. The number of thioether (sulfide) groups is 1. The van der Waals surface area contributed by atoms with Gasteiger partial charge >= 0.3 is 0 Å². The SMILES string of the molecule is CC(=O)C(C)(C)C.CSc1nccc(C(C)=O)n1. The van der Waals surface area contributed by atoms with E-state index < -0.39 is 0 Å². The Bertz CT molecular complexity index is 425. The molecule has 0 saturated carbocycles. The number of hydrogen-bond acceptors (Lipinski definition) is 5. The molecule has 0 saturated heterocycles. The van der Waals surface area contributed by atoms with Crippen molar-refractivity contribution in [3.8, 4) is 0 Å². The van der Waals surface area contributed by atoms with Crippen LogP contribution in [0, 0.1) is 5.41 Å². The van der Waals surface area contributed by atoms with Crippen molar-refractivity contribution in [2.75, 3.05) is 6.26 Å². The molecule has 0 spiro atoms. The monoisotopic (exact) mass is 268 g/mol. The molecule has 0 atom stereocenters. The molecule has 0 fully saturated rings. The van der Waals surface area contributed by atoms with Crippen LogP contribution in [-0.2, 0) is 4.79 Å². The number of aromatic nitrogens is 2. The highest BCUT2D eigenvalue weighted by atomic mass is 32.2. The average Bonchev–Trinajstić information content (AvgIpc) is 2.28. The molecule has 0 amide bonds. The van der Waals surface area contributed by atoms with Crippen LogP contribution in [0.5, 0.6) is 0 Å². The zero-order valence-corrected chi connectivity index (χ0v) is 12.6. The first-order chi connectivity index (χ1) is 8.18. The van der Waals surface area contributed by atoms with E-state index in [1.54, 1.807) is 19.2 Å². The van der Waals surface area contributed by atoms with Crippen LogP contribution in [-0.4, -0.2) is 27.8 Å². The molecule has 0 aliphatic carbocycles. The minimum absolute atomic E-state index is 0.0253. The normalized spacial score (nSPS) is 10.3. The molecule has 1 aromatic heterocycles. The molecule has 1 aromatic rings. The number of Topliss-reactive ketones (excluding diaryl/α,β-unsaturated/α-hetero) is 2. The van der Waals surface area contributed by atoms with Gasteiger partial charge in [-0.2, -0.15) is 0 Å². The van der Waals surface area contributed by atoms with Crippen LogP contribution >= 0.6 is 11.8 Å². The minimum atomic E-state index is -0.139. The number of nitrogens with zero attached hydrogens (tertiary/aromatic N) is 2. The topological polar surface area (TPSA) is 59.9 Å². The van der Waals surface area contributed by atoms with Gasteiger partial charge in [-0.15, -0.1) is 0 Å². The van der Waals surface area contributed by atoms with Gasteiger partial charge in [-0.1, -0.05) is 32.5 Å². The summed E-state index contributed by atoms with van der Waals surface area (Å²) in [4.78, 5) is 29.2. The van der Waals surface area contributed by atoms with E-state index in [4.69, 9.17) is 0 Å². The molecule has 1 heterocycles. The highest BCUT2D eigenvalue weighted by Gasteiger charge is 2.14. The lowest BCUT2D eigenvalue weighted by Gasteiger charge is -2.11. The van der Waals surface area contributed by atoms with E-state index in [-0.39, 0.29) is 17.0 Å². The van der Waals surface area contributed by atoms with E-state index in [0.29, 0.717) is 10.9 Å². The summed E-state index contributed by atoms with van der Waals surface area (Å²) in [6.45, 7) is 8.84. The van der Waals surface area contributed by atoms with Crippen molar-refractivity contribution in [1.82, 2.24) is 9.97 Å². The zero-order valence-electron chi connectivity index (χ0n) is 11.8. The summed E-state index contributed by atoms with van der Waals surface area (Å²) in [5.41, 5.74) is 0.337. The van der Waals surface area contributed by atoms with Crippen LogP contribution in [0.2, 0.25) is 0 Å². The quantitative estimate of drug-likeness (QED) is 0.469. The summed E-state index contributed by atoms with van der Waals surface area (Å²) in [6, 6.07) is 1.61. The Morgan fingerprint density at radius 2 is 1.72 bits per heavy atom. The van der Waals surface area contributed by atoms with Crippen LogP contribution in [0.1, 0.15) is 45.1 Å². The lowest BCUT2D eigenvalue weighted by molar-refractivity contribution is -0.124. The maximum Gasteiger partial charge on any atom is 0.187 e. The molecule has 0 N–H and O–H groups in total. The van der Waals surface area contributed by atoms with Gasteiger partial charge in [0.05, 0.1) is 0 Å². The van der Waals surface area contributed by atoms with Crippen molar-refractivity contribution >= 4 is 23.3 Å². The Hall–Kier alpha value is -1.23. The molecule has 1 rings (SSSR count). The Morgan fingerprint density at radius 1 is 1.22 bits per heavy atom. The van der Waals surface area contributed by atoms with Crippen LogP contribution < -0.4 is 0 Å². The predicted octanol–water partition coefficient (Wildman–Crippen LogP) is 3.02. The number of hydrogen-bond donors (Lipinski definition) is 0. The van der Waals surface area contributed by atoms with Gasteiger partial charge < -0.3 is 0 Å². The predicted molar refractivity (Wildman–Crippen MR) is 74.0 cm³/mol. The van der Waals surface area contributed by atoms with Gasteiger partial charge in [-0.05, 0) is 19.2 Å². The number of carbonyl (C=O) groups is 2. The van der Waals surface area contributed by atoms with E-state index >= 15 is 0 Å². The molecule has 0 aromatic carbocycles. The van der Waals surface area contributed by atoms with Crippen molar-refractivity contribution in [2.24, 2.45) is 5.41 Å². The first-order valence-electron chi connectivity index (χ1n) is 5.57. The summed E-state index contributed by atoms with van der Waals surface area (Å²) >= 11 is 1.43. The molecular formula is C13H20N2O2S. The van der Waals surface area contributed by atoms with E-state index in [1.165, 1.54) is 18.7 Å². The fourth-order valence-electron chi connectivity index (χ4n) is 0.635. The smallest absolute Gasteiger partial charge is 0.187 e. The summed E-state index contributed by atoms with van der Waals surface area (Å²) in [5.74, 6) is 0.218. The molecule has 0 unspecified atom stereocenters. The Kier molecular flexibility index (Phi) is 6.76. The molecule has 5 heteroatoms. The second kappa shape index (κ2) is 7.26. The maximum atomic E-state index is 10.8. The first-order valence-corrected chi connectivity index (χ1v) is 6.80. The molecule has 0 radical (unpaired) electrons. The van der Waals surface area contributed by atoms with Gasteiger partial charge in [0.15, 0.2) is 10.9 Å². The Labute approximate surface area is 113 Å². The summed E-state index contributed by atoms with van der Waals surface area (Å²) < 4.78 is 0. The molecule has 100 valence electrons. The Morgan fingerprint density at radius 3 is 2.06 bits per heavy atom. The fourth-order valence-corrected chi connectivity index (χ4v) is 0.991. The molecule has 0 aliphatic rings. The third-order valence-electron chi connectivity index (χ3n) is 2.23. The highest BCUT2D eigenvalue weighted by molar-refractivity contribution is 7.98. The third-order valence-corrected chi connectivity index (χ3v) is 2.79. The zero-order chi connectivity index (χ0) is 14.3. The lowest BCUT2D eigenvalue weighted by Crippen LogP contribution is -2.15. The van der Waals surface area contributed by atoms with E-state index in [2.05, 4.69) is 9.97 Å². The molecule has 4 nitrogen and oxygen atoms in total. The van der Waals surface area contributed by atoms with Gasteiger partial charge in [0.1, 0.15) is 11.5 Å². The third kappa shape index (κ3) is 6.49. The molecule has 18 heavy (non-hydrogen) atoms. The van der Waals surface area contributed by atoms with Crippen LogP contribution in [0.15, 0.2) is 17.4 Å². The second-order valence-electron chi connectivity index (χ2n) is 4.79. The van der Waals surface area contributed by atoms with Crippen molar-refractivity contribution < 1.29 is 9.59 Å². The largest absolute Gasteiger partial charge is 0.299 e.